The summed E-state index contributed by atoms with van der Waals surface area (Å²) in [4.78, 5) is 12.8. The molecular weight excluding hydrogens is 341 g/mol. The number of fused-ring (bicyclic) bond motifs is 1. The van der Waals surface area contributed by atoms with E-state index in [0.717, 1.165) is 15.0 Å². The third-order valence-electron chi connectivity index (χ3n) is 2.19. The topological polar surface area (TPSA) is 17.1 Å². The summed E-state index contributed by atoms with van der Waals surface area (Å²) in [7, 11) is 0. The van der Waals surface area contributed by atoms with Crippen molar-refractivity contribution >= 4 is 27.5 Å². The van der Waals surface area contributed by atoms with E-state index in [1.165, 1.54) is 11.3 Å². The maximum Gasteiger partial charge on any atom is 0.0813 e. The average Bonchev–Trinajstić information content (AvgIpc) is 2.51. The molecular formula is C17H21OSY-. The maximum absolute atomic E-state index is 12.0. The van der Waals surface area contributed by atoms with Crippen molar-refractivity contribution in [1.29, 1.82) is 0 Å². The van der Waals surface area contributed by atoms with Crippen LogP contribution in [0.2, 0.25) is 0 Å². The second-order valence-corrected chi connectivity index (χ2v) is 4.13. The Balaban J connectivity index is 0. The second kappa shape index (κ2) is 12.2. The number of hydrogen-bond donors (Lipinski definition) is 0. The Bertz CT molecular complexity index is 599. The fourth-order valence-corrected chi connectivity index (χ4v) is 2.47. The summed E-state index contributed by atoms with van der Waals surface area (Å²) in [6, 6.07) is 7.53. The molecule has 1 aromatic heterocycles. The Kier molecular flexibility index (Phi) is 13.2. The molecule has 0 unspecified atom stereocenters. The van der Waals surface area contributed by atoms with Crippen LogP contribution in [0.5, 0.6) is 0 Å². The smallest absolute Gasteiger partial charge is 0.0813 e. The van der Waals surface area contributed by atoms with E-state index < -0.39 is 0 Å². The van der Waals surface area contributed by atoms with Crippen molar-refractivity contribution in [2.45, 2.75) is 27.7 Å². The molecule has 20 heavy (non-hydrogen) atoms. The van der Waals surface area contributed by atoms with Crippen molar-refractivity contribution in [3.05, 3.63) is 64.2 Å². The van der Waals surface area contributed by atoms with Gasteiger partial charge in [0.15, 0.2) is 0 Å². The van der Waals surface area contributed by atoms with Crippen LogP contribution in [-0.4, -0.2) is 0 Å². The van der Waals surface area contributed by atoms with Gasteiger partial charge in [-0.2, -0.15) is 12.7 Å². The predicted molar refractivity (Wildman–Crippen MR) is 88.9 cm³/mol. The van der Waals surface area contributed by atoms with Crippen molar-refractivity contribution in [3.63, 3.8) is 0 Å². The zero-order valence-electron chi connectivity index (χ0n) is 12.7. The first-order valence-corrected chi connectivity index (χ1v) is 7.31. The van der Waals surface area contributed by atoms with Crippen LogP contribution < -0.4 is 5.43 Å². The molecule has 1 heterocycles. The van der Waals surface area contributed by atoms with Gasteiger partial charge in [0.05, 0.1) is 5.43 Å². The van der Waals surface area contributed by atoms with Crippen molar-refractivity contribution in [1.82, 2.24) is 0 Å². The molecule has 0 fully saturated rings. The van der Waals surface area contributed by atoms with Gasteiger partial charge in [-0.15, -0.1) is 18.2 Å². The average molecular weight is 362 g/mol. The van der Waals surface area contributed by atoms with E-state index in [4.69, 9.17) is 0 Å². The molecule has 0 aliphatic carbocycles. The third-order valence-corrected chi connectivity index (χ3v) is 3.35. The van der Waals surface area contributed by atoms with Gasteiger partial charge in [-0.25, -0.2) is 11.3 Å². The second-order valence-electron chi connectivity index (χ2n) is 3.05. The van der Waals surface area contributed by atoms with E-state index >= 15 is 0 Å². The predicted octanol–water partition coefficient (Wildman–Crippen LogP) is 5.29. The van der Waals surface area contributed by atoms with Crippen molar-refractivity contribution < 1.29 is 32.7 Å². The van der Waals surface area contributed by atoms with Crippen LogP contribution in [0, 0.1) is 6.08 Å². The van der Waals surface area contributed by atoms with Gasteiger partial charge in [-0.1, -0.05) is 50.8 Å². The molecule has 2 aromatic rings. The van der Waals surface area contributed by atoms with Crippen molar-refractivity contribution in [3.8, 4) is 0 Å². The van der Waals surface area contributed by atoms with Gasteiger partial charge >= 0.3 is 0 Å². The molecule has 0 aliphatic rings. The summed E-state index contributed by atoms with van der Waals surface area (Å²) in [5.74, 6) is 0. The molecule has 0 saturated heterocycles. The number of hydrogen-bond acceptors (Lipinski definition) is 2. The Labute approximate surface area is 151 Å². The zero-order valence-corrected chi connectivity index (χ0v) is 16.3. The fraction of sp³-hybridized carbons (Fsp3) is 0.235. The van der Waals surface area contributed by atoms with E-state index in [1.807, 2.05) is 52.0 Å². The zero-order chi connectivity index (χ0) is 14.8. The molecule has 3 heteroatoms. The normalized spacial score (nSPS) is 8.20. The van der Waals surface area contributed by atoms with Crippen LogP contribution in [-0.2, 0) is 32.7 Å². The van der Waals surface area contributed by atoms with Crippen LogP contribution in [0.1, 0.15) is 38.1 Å². The Morgan fingerprint density at radius 1 is 1.15 bits per heavy atom. The van der Waals surface area contributed by atoms with Crippen molar-refractivity contribution in [2.24, 2.45) is 0 Å². The molecule has 1 aromatic carbocycles. The molecule has 1 radical (unpaired) electrons. The molecule has 105 valence electrons. The summed E-state index contributed by atoms with van der Waals surface area (Å²) < 4.78 is 0.969. The molecule has 0 spiro atoms. The standard InChI is InChI=1S/C13H9OS.2C2H6.Y/c1-3-9-11(4-2)15-12-8-6-5-7-10(12)13(9)14;2*1-2;/h4-8H,1-2H2;2*1-2H3;/q-1;;;. The molecule has 1 nitrogen and oxygen atoms in total. The number of rotatable bonds is 2. The van der Waals surface area contributed by atoms with Gasteiger partial charge in [0, 0.05) is 37.4 Å². The monoisotopic (exact) mass is 362 g/mol. The SMILES string of the molecule is C=[C-]c1c(C=C)sc2ccccc2c1=O.CC.CC.[Y]. The van der Waals surface area contributed by atoms with Crippen molar-refractivity contribution in [2.75, 3.05) is 0 Å². The third kappa shape index (κ3) is 5.08. The maximum atomic E-state index is 12.0. The van der Waals surface area contributed by atoms with E-state index in [-0.39, 0.29) is 38.1 Å². The molecule has 0 N–H and O–H groups in total. The minimum atomic E-state index is -0.0192. The largest absolute Gasteiger partial charge is 0.365 e. The quantitative estimate of drug-likeness (QED) is 0.664. The summed E-state index contributed by atoms with van der Waals surface area (Å²) in [6.45, 7) is 15.2. The first-order valence-electron chi connectivity index (χ1n) is 6.49. The minimum absolute atomic E-state index is 0. The van der Waals surface area contributed by atoms with Gasteiger partial charge in [-0.05, 0) is 11.5 Å². The Morgan fingerprint density at radius 3 is 2.20 bits per heavy atom. The first-order chi connectivity index (χ1) is 9.27. The van der Waals surface area contributed by atoms with Gasteiger partial charge < -0.3 is 4.79 Å². The summed E-state index contributed by atoms with van der Waals surface area (Å²) in [5, 5.41) is 0.722. The molecule has 0 aliphatic heterocycles. The van der Waals surface area contributed by atoms with Crippen LogP contribution in [0.15, 0.2) is 42.2 Å². The van der Waals surface area contributed by atoms with Crippen LogP contribution in [0.4, 0.5) is 0 Å². The van der Waals surface area contributed by atoms with E-state index in [9.17, 15) is 4.79 Å². The molecule has 0 saturated carbocycles. The molecule has 0 bridgehead atoms. The van der Waals surface area contributed by atoms with Crippen LogP contribution in [0.25, 0.3) is 16.2 Å². The molecule has 0 atom stereocenters. The Morgan fingerprint density at radius 2 is 1.70 bits per heavy atom. The summed E-state index contributed by atoms with van der Waals surface area (Å²) in [5.41, 5.74) is 0.503. The fourth-order valence-electron chi connectivity index (χ4n) is 1.47. The van der Waals surface area contributed by atoms with Crippen LogP contribution in [0.3, 0.4) is 0 Å². The van der Waals surface area contributed by atoms with Gasteiger partial charge in [-0.3, -0.25) is 0 Å². The van der Waals surface area contributed by atoms with Gasteiger partial charge in [0.1, 0.15) is 0 Å². The van der Waals surface area contributed by atoms with E-state index in [2.05, 4.69) is 19.2 Å². The first kappa shape index (κ1) is 21.7. The summed E-state index contributed by atoms with van der Waals surface area (Å²) >= 11 is 1.53. The molecule has 2 rings (SSSR count). The molecule has 0 amide bonds. The van der Waals surface area contributed by atoms with Gasteiger partial charge in [0.25, 0.3) is 0 Å². The van der Waals surface area contributed by atoms with E-state index in [1.54, 1.807) is 6.08 Å². The van der Waals surface area contributed by atoms with E-state index in [0.29, 0.717) is 5.56 Å². The minimum Gasteiger partial charge on any atom is -0.365 e. The van der Waals surface area contributed by atoms with Crippen LogP contribution >= 0.6 is 11.3 Å². The Hall–Kier alpha value is -0.566. The number of benzene rings is 1. The van der Waals surface area contributed by atoms with Gasteiger partial charge in [0.2, 0.25) is 0 Å². The summed E-state index contributed by atoms with van der Waals surface area (Å²) in [6.07, 6.45) is 4.36.